The van der Waals surface area contributed by atoms with Gasteiger partial charge in [-0.25, -0.2) is 0 Å². The average Bonchev–Trinajstić information content (AvgIpc) is 2.58. The normalized spacial score (nSPS) is 7.04. The number of isothiocyanates is 2. The van der Waals surface area contributed by atoms with Crippen LogP contribution in [0.3, 0.4) is 0 Å². The van der Waals surface area contributed by atoms with E-state index in [1.807, 2.05) is 0 Å². The summed E-state index contributed by atoms with van der Waals surface area (Å²) >= 11 is 7.40. The van der Waals surface area contributed by atoms with Crippen molar-refractivity contribution in [1.82, 2.24) is 9.97 Å². The fourth-order valence-electron chi connectivity index (χ4n) is 1.02. The molecule has 0 spiro atoms. The third-order valence-corrected chi connectivity index (χ3v) is 1.83. The molecule has 0 bridgehead atoms. The number of thiocarbonyl (C=S) groups is 2. The molecule has 2 heterocycles. The smallest absolute Gasteiger partial charge is 0.753 e. The zero-order chi connectivity index (χ0) is 18.8. The van der Waals surface area contributed by atoms with Crippen molar-refractivity contribution in [3.63, 3.8) is 0 Å². The van der Waals surface area contributed by atoms with Crippen LogP contribution in [0.2, 0.25) is 0 Å². The van der Waals surface area contributed by atoms with Crippen LogP contribution in [0.5, 0.6) is 0 Å². The van der Waals surface area contributed by atoms with Gasteiger partial charge in [0.25, 0.3) is 11.8 Å². The van der Waals surface area contributed by atoms with Crippen molar-refractivity contribution >= 4 is 46.6 Å². The SMILES string of the molecule is NC(=O)c1ccccn1.NC(=O)c1ccccn1.[Co+2].[N-]=C=S.[N-]=C=S. The molecule has 2 rings (SSSR count). The van der Waals surface area contributed by atoms with E-state index < -0.39 is 11.8 Å². The maximum absolute atomic E-state index is 10.4. The molecule has 0 aliphatic carbocycles. The molecule has 11 heteroatoms. The predicted octanol–water partition coefficient (Wildman–Crippen LogP) is 1.68. The minimum absolute atomic E-state index is 0. The number of carbonyl (C=O) groups is 2. The maximum Gasteiger partial charge on any atom is 2.00 e. The standard InChI is InChI=1S/2C6H6N2O.2CNS.Co/c2*7-6(9)5-3-1-2-4-8-5;2*2-1-3;/h2*1-4H,(H2,7,9);;;/q;;2*-1;+2. The largest absolute Gasteiger partial charge is 2.00 e. The first-order valence-corrected chi connectivity index (χ1v) is 6.70. The molecule has 0 saturated heterocycles. The van der Waals surface area contributed by atoms with E-state index in [9.17, 15) is 9.59 Å². The second kappa shape index (κ2) is 19.4. The van der Waals surface area contributed by atoms with Crippen LogP contribution in [0, 0.1) is 0 Å². The van der Waals surface area contributed by atoms with Crippen molar-refractivity contribution in [2.24, 2.45) is 11.5 Å². The Labute approximate surface area is 165 Å². The first-order valence-electron chi connectivity index (χ1n) is 5.88. The molecule has 0 unspecified atom stereocenters. The Morgan fingerprint density at radius 2 is 1.12 bits per heavy atom. The molecule has 2 aromatic heterocycles. The van der Waals surface area contributed by atoms with Gasteiger partial charge in [-0.15, -0.1) is 0 Å². The van der Waals surface area contributed by atoms with Crippen LogP contribution in [0.4, 0.5) is 0 Å². The summed E-state index contributed by atoms with van der Waals surface area (Å²) in [5, 5.41) is 16.9. The topological polar surface area (TPSA) is 157 Å². The van der Waals surface area contributed by atoms with Crippen LogP contribution in [-0.2, 0) is 16.8 Å². The van der Waals surface area contributed by atoms with E-state index in [0.717, 1.165) is 0 Å². The number of nitrogens with zero attached hydrogens (tertiary/aromatic N) is 4. The molecule has 0 aromatic carbocycles. The molecule has 0 atom stereocenters. The number of primary amides is 2. The van der Waals surface area contributed by atoms with Crippen molar-refractivity contribution in [3.8, 4) is 0 Å². The molecule has 0 fully saturated rings. The van der Waals surface area contributed by atoms with Crippen molar-refractivity contribution in [3.05, 3.63) is 71.0 Å². The summed E-state index contributed by atoms with van der Waals surface area (Å²) in [4.78, 5) is 28.1. The van der Waals surface area contributed by atoms with Crippen molar-refractivity contribution in [2.75, 3.05) is 0 Å². The van der Waals surface area contributed by atoms with Gasteiger partial charge < -0.3 is 22.3 Å². The number of nitrogens with two attached hydrogens (primary N) is 2. The van der Waals surface area contributed by atoms with Gasteiger partial charge >= 0.3 is 16.8 Å². The molecule has 0 aliphatic rings. The van der Waals surface area contributed by atoms with E-state index in [2.05, 4.69) is 34.4 Å². The monoisotopic (exact) mass is 419 g/mol. The molecule has 2 aromatic rings. The zero-order valence-electron chi connectivity index (χ0n) is 12.5. The number of aromatic nitrogens is 2. The van der Waals surface area contributed by atoms with Crippen LogP contribution >= 0.6 is 24.4 Å². The number of hydrogen-bond acceptors (Lipinski definition) is 6. The van der Waals surface area contributed by atoms with Gasteiger partial charge in [-0.05, 0) is 24.3 Å². The van der Waals surface area contributed by atoms with Crippen LogP contribution < -0.4 is 11.5 Å². The molecule has 8 nitrogen and oxygen atoms in total. The molecule has 0 aliphatic heterocycles. The van der Waals surface area contributed by atoms with Gasteiger partial charge in [0.15, 0.2) is 0 Å². The number of rotatable bonds is 2. The third-order valence-electron chi connectivity index (χ3n) is 1.83. The number of hydrogen-bond donors (Lipinski definition) is 2. The predicted molar refractivity (Wildman–Crippen MR) is 97.4 cm³/mol. The van der Waals surface area contributed by atoms with Gasteiger partial charge in [0.1, 0.15) is 11.4 Å². The van der Waals surface area contributed by atoms with Gasteiger partial charge in [0.2, 0.25) is 0 Å². The van der Waals surface area contributed by atoms with Gasteiger partial charge in [-0.3, -0.25) is 19.6 Å². The van der Waals surface area contributed by atoms with Gasteiger partial charge in [0, 0.05) is 12.4 Å². The Balaban J connectivity index is -0.000000287. The molecule has 4 N–H and O–H groups in total. The summed E-state index contributed by atoms with van der Waals surface area (Å²) in [6.07, 6.45) is 3.06. The molecule has 0 saturated carbocycles. The molecule has 1 radical (unpaired) electrons. The second-order valence-electron chi connectivity index (χ2n) is 3.34. The quantitative estimate of drug-likeness (QED) is 0.557. The molecular formula is C14H12CoN6O2S2. The first kappa shape index (κ1) is 27.2. The van der Waals surface area contributed by atoms with Crippen molar-refractivity contribution < 1.29 is 26.4 Å². The summed E-state index contributed by atoms with van der Waals surface area (Å²) in [7, 11) is 0. The number of amides is 2. The summed E-state index contributed by atoms with van der Waals surface area (Å²) in [5.74, 6) is -0.980. The first-order chi connectivity index (χ1) is 11.4. The Bertz CT molecular complexity index is 627. The Kier molecular flexibility index (Phi) is 21.1. The maximum atomic E-state index is 10.4. The van der Waals surface area contributed by atoms with Gasteiger partial charge in [-0.1, -0.05) is 36.6 Å². The van der Waals surface area contributed by atoms with Crippen molar-refractivity contribution in [2.45, 2.75) is 0 Å². The summed E-state index contributed by atoms with van der Waals surface area (Å²) < 4.78 is 0. The summed E-state index contributed by atoms with van der Waals surface area (Å²) in [6, 6.07) is 10.0. The number of carbonyl (C=O) groups excluding carboxylic acids is 2. The average molecular weight is 419 g/mol. The van der Waals surface area contributed by atoms with Gasteiger partial charge in [0.05, 0.1) is 0 Å². The van der Waals surface area contributed by atoms with E-state index >= 15 is 0 Å². The Hall–Kier alpha value is -2.65. The van der Waals surface area contributed by atoms with Crippen LogP contribution in [0.15, 0.2) is 48.8 Å². The minimum Gasteiger partial charge on any atom is -0.753 e. The van der Waals surface area contributed by atoms with E-state index in [1.165, 1.54) is 22.7 Å². The molecule has 2 amide bonds. The number of pyridine rings is 2. The zero-order valence-corrected chi connectivity index (χ0v) is 15.2. The Morgan fingerprint density at radius 3 is 1.24 bits per heavy atom. The second-order valence-corrected chi connectivity index (χ2v) is 3.71. The van der Waals surface area contributed by atoms with E-state index in [-0.39, 0.29) is 16.8 Å². The Morgan fingerprint density at radius 1 is 0.840 bits per heavy atom. The van der Waals surface area contributed by atoms with Gasteiger partial charge in [-0.2, -0.15) is 10.3 Å². The molecule has 25 heavy (non-hydrogen) atoms. The summed E-state index contributed by atoms with van der Waals surface area (Å²) in [6.45, 7) is 0. The molecule has 131 valence electrons. The summed E-state index contributed by atoms with van der Waals surface area (Å²) in [5.41, 5.74) is 10.4. The third kappa shape index (κ3) is 17.5. The van der Waals surface area contributed by atoms with Crippen LogP contribution in [-0.4, -0.2) is 32.1 Å². The van der Waals surface area contributed by atoms with Crippen LogP contribution in [0.25, 0.3) is 10.8 Å². The minimum atomic E-state index is -0.490. The van der Waals surface area contributed by atoms with E-state index in [0.29, 0.717) is 11.4 Å². The van der Waals surface area contributed by atoms with Crippen LogP contribution in [0.1, 0.15) is 21.0 Å². The van der Waals surface area contributed by atoms with E-state index in [1.54, 1.807) is 36.4 Å². The fourth-order valence-corrected chi connectivity index (χ4v) is 1.02. The fraction of sp³-hybridized carbons (Fsp3) is 0. The van der Waals surface area contributed by atoms with E-state index in [4.69, 9.17) is 22.3 Å². The van der Waals surface area contributed by atoms with Crippen molar-refractivity contribution in [1.29, 1.82) is 0 Å². The molecular weight excluding hydrogens is 407 g/mol.